The van der Waals surface area contributed by atoms with Gasteiger partial charge in [0.1, 0.15) is 5.82 Å². The number of fused-ring (bicyclic) bond motifs is 2. The molecule has 2 N–H and O–H groups in total. The SMILES string of the molecule is CN(c1ccccc1Cn1ncc2cnc(Nc3ccc4c(c3)CCC(=O)N4)cc21)S(C)(=O)=O. The van der Waals surface area contributed by atoms with Crippen molar-refractivity contribution in [2.45, 2.75) is 19.4 Å². The average molecular weight is 477 g/mol. The van der Waals surface area contributed by atoms with Crippen LogP contribution in [-0.2, 0) is 27.8 Å². The van der Waals surface area contributed by atoms with Crippen molar-refractivity contribution in [3.8, 4) is 0 Å². The molecule has 0 saturated carbocycles. The smallest absolute Gasteiger partial charge is 0.232 e. The standard InChI is InChI=1S/C24H24N6O3S/c1-29(34(2,32)33)21-6-4-3-5-17(21)15-30-22-12-23(25-13-18(22)14-26-30)27-19-8-9-20-16(11-19)7-10-24(31)28-20/h3-6,8-9,11-14H,7,10,15H2,1-2H3,(H,25,27)(H,28,31). The van der Waals surface area contributed by atoms with E-state index in [-0.39, 0.29) is 5.91 Å². The number of anilines is 4. The van der Waals surface area contributed by atoms with E-state index in [2.05, 4.69) is 20.7 Å². The number of amides is 1. The van der Waals surface area contributed by atoms with Gasteiger partial charge in [-0.25, -0.2) is 13.4 Å². The van der Waals surface area contributed by atoms with Crippen LogP contribution < -0.4 is 14.9 Å². The number of para-hydroxylation sites is 1. The first-order chi connectivity index (χ1) is 16.3. The number of aryl methyl sites for hydroxylation is 1. The lowest BCUT2D eigenvalue weighted by Gasteiger charge is -2.20. The summed E-state index contributed by atoms with van der Waals surface area (Å²) in [6.07, 6.45) is 5.88. The molecule has 0 unspecified atom stereocenters. The van der Waals surface area contributed by atoms with E-state index in [1.165, 1.54) is 10.6 Å². The maximum Gasteiger partial charge on any atom is 0.232 e. The second kappa shape index (κ2) is 8.45. The second-order valence-corrected chi connectivity index (χ2v) is 10.3. The third-order valence-electron chi connectivity index (χ3n) is 5.95. The molecule has 10 heteroatoms. The van der Waals surface area contributed by atoms with Crippen molar-refractivity contribution < 1.29 is 13.2 Å². The molecule has 1 aliphatic heterocycles. The van der Waals surface area contributed by atoms with Gasteiger partial charge in [0.05, 0.1) is 30.2 Å². The molecule has 0 saturated heterocycles. The fourth-order valence-electron chi connectivity index (χ4n) is 4.07. The highest BCUT2D eigenvalue weighted by atomic mass is 32.2. The van der Waals surface area contributed by atoms with Crippen molar-refractivity contribution in [3.05, 3.63) is 72.1 Å². The monoisotopic (exact) mass is 476 g/mol. The summed E-state index contributed by atoms with van der Waals surface area (Å²) >= 11 is 0. The molecule has 0 fully saturated rings. The maximum absolute atomic E-state index is 12.1. The minimum absolute atomic E-state index is 0.0397. The van der Waals surface area contributed by atoms with Gasteiger partial charge in [0.15, 0.2) is 0 Å². The number of sulfonamides is 1. The summed E-state index contributed by atoms with van der Waals surface area (Å²) in [5.74, 6) is 0.702. The van der Waals surface area contributed by atoms with Gasteiger partial charge in [-0.2, -0.15) is 5.10 Å². The Labute approximate surface area is 197 Å². The molecule has 34 heavy (non-hydrogen) atoms. The summed E-state index contributed by atoms with van der Waals surface area (Å²) in [6.45, 7) is 0.404. The summed E-state index contributed by atoms with van der Waals surface area (Å²) in [4.78, 5) is 16.1. The van der Waals surface area contributed by atoms with Crippen molar-refractivity contribution in [2.24, 2.45) is 0 Å². The van der Waals surface area contributed by atoms with Gasteiger partial charge in [0.25, 0.3) is 0 Å². The van der Waals surface area contributed by atoms with Crippen molar-refractivity contribution in [1.82, 2.24) is 14.8 Å². The van der Waals surface area contributed by atoms with Crippen molar-refractivity contribution in [2.75, 3.05) is 28.2 Å². The molecule has 174 valence electrons. The highest BCUT2D eigenvalue weighted by Crippen LogP contribution is 2.28. The molecule has 0 radical (unpaired) electrons. The normalized spacial score (nSPS) is 13.4. The zero-order valence-electron chi connectivity index (χ0n) is 18.8. The highest BCUT2D eigenvalue weighted by Gasteiger charge is 2.17. The largest absolute Gasteiger partial charge is 0.340 e. The molecule has 1 aliphatic rings. The van der Waals surface area contributed by atoms with Crippen LogP contribution in [0.5, 0.6) is 0 Å². The fourth-order valence-corrected chi connectivity index (χ4v) is 4.60. The van der Waals surface area contributed by atoms with Crippen LogP contribution in [0.15, 0.2) is 60.9 Å². The molecule has 0 bridgehead atoms. The van der Waals surface area contributed by atoms with E-state index in [1.54, 1.807) is 25.5 Å². The average Bonchev–Trinajstić information content (AvgIpc) is 3.20. The molecule has 0 atom stereocenters. The van der Waals surface area contributed by atoms with Gasteiger partial charge in [-0.15, -0.1) is 0 Å². The van der Waals surface area contributed by atoms with Crippen LogP contribution in [-0.4, -0.2) is 42.4 Å². The molecule has 3 heterocycles. The molecule has 2 aromatic carbocycles. The minimum atomic E-state index is -3.39. The van der Waals surface area contributed by atoms with Crippen LogP contribution in [0.1, 0.15) is 17.5 Å². The third-order valence-corrected chi connectivity index (χ3v) is 7.14. The number of hydrogen-bond donors (Lipinski definition) is 2. The molecule has 5 rings (SSSR count). The molecule has 9 nitrogen and oxygen atoms in total. The Morgan fingerprint density at radius 3 is 2.76 bits per heavy atom. The third kappa shape index (κ3) is 4.32. The van der Waals surface area contributed by atoms with E-state index in [1.807, 2.05) is 47.1 Å². The number of carbonyl (C=O) groups is 1. The number of hydrogen-bond acceptors (Lipinski definition) is 6. The molecular weight excluding hydrogens is 452 g/mol. The summed E-state index contributed by atoms with van der Waals surface area (Å²) in [5, 5.41) is 11.6. The zero-order chi connectivity index (χ0) is 23.9. The van der Waals surface area contributed by atoms with Crippen LogP contribution in [0, 0.1) is 0 Å². The van der Waals surface area contributed by atoms with Gasteiger partial charge in [0.2, 0.25) is 15.9 Å². The molecule has 0 aliphatic carbocycles. The van der Waals surface area contributed by atoms with Crippen LogP contribution in [0.2, 0.25) is 0 Å². The van der Waals surface area contributed by atoms with E-state index in [9.17, 15) is 13.2 Å². The predicted octanol–water partition coefficient (Wildman–Crippen LogP) is 3.50. The molecule has 0 spiro atoms. The van der Waals surface area contributed by atoms with Gasteiger partial charge in [0, 0.05) is 42.5 Å². The van der Waals surface area contributed by atoms with Crippen molar-refractivity contribution in [1.29, 1.82) is 0 Å². The Morgan fingerprint density at radius 1 is 1.12 bits per heavy atom. The number of pyridine rings is 1. The fraction of sp³-hybridized carbons (Fsp3) is 0.208. The van der Waals surface area contributed by atoms with E-state index in [0.29, 0.717) is 30.9 Å². The lowest BCUT2D eigenvalue weighted by Crippen LogP contribution is -2.26. The number of benzene rings is 2. The highest BCUT2D eigenvalue weighted by molar-refractivity contribution is 7.92. The summed E-state index contributed by atoms with van der Waals surface area (Å²) in [5.41, 5.74) is 5.14. The lowest BCUT2D eigenvalue weighted by atomic mass is 10.0. The van der Waals surface area contributed by atoms with Crippen LogP contribution >= 0.6 is 0 Å². The van der Waals surface area contributed by atoms with Crippen LogP contribution in [0.3, 0.4) is 0 Å². The van der Waals surface area contributed by atoms with Crippen LogP contribution in [0.25, 0.3) is 10.9 Å². The molecule has 2 aromatic heterocycles. The Kier molecular flexibility index (Phi) is 5.45. The van der Waals surface area contributed by atoms with E-state index >= 15 is 0 Å². The number of nitrogens with zero attached hydrogens (tertiary/aromatic N) is 4. The first kappa shape index (κ1) is 21.9. The first-order valence-corrected chi connectivity index (χ1v) is 12.7. The summed E-state index contributed by atoms with van der Waals surface area (Å²) in [7, 11) is -1.84. The van der Waals surface area contributed by atoms with Crippen molar-refractivity contribution in [3.63, 3.8) is 0 Å². The summed E-state index contributed by atoms with van der Waals surface area (Å²) in [6, 6.07) is 15.1. The Hall–Kier alpha value is -3.92. The second-order valence-electron chi connectivity index (χ2n) is 8.33. The van der Waals surface area contributed by atoms with E-state index in [4.69, 9.17) is 0 Å². The molecular formula is C24H24N6O3S. The number of aromatic nitrogens is 3. The van der Waals surface area contributed by atoms with Gasteiger partial charge < -0.3 is 10.6 Å². The Bertz CT molecular complexity index is 1510. The zero-order valence-corrected chi connectivity index (χ0v) is 19.6. The van der Waals surface area contributed by atoms with Gasteiger partial charge >= 0.3 is 0 Å². The summed E-state index contributed by atoms with van der Waals surface area (Å²) < 4.78 is 27.3. The lowest BCUT2D eigenvalue weighted by molar-refractivity contribution is -0.116. The van der Waals surface area contributed by atoms with Gasteiger partial charge in [-0.3, -0.25) is 13.8 Å². The van der Waals surface area contributed by atoms with Gasteiger partial charge in [-0.1, -0.05) is 18.2 Å². The topological polar surface area (TPSA) is 109 Å². The van der Waals surface area contributed by atoms with E-state index < -0.39 is 10.0 Å². The van der Waals surface area contributed by atoms with E-state index in [0.717, 1.165) is 33.4 Å². The maximum atomic E-state index is 12.1. The molecule has 4 aromatic rings. The number of nitrogens with one attached hydrogen (secondary N) is 2. The number of carbonyl (C=O) groups excluding carboxylic acids is 1. The Morgan fingerprint density at radius 2 is 1.94 bits per heavy atom. The first-order valence-electron chi connectivity index (χ1n) is 10.8. The Balaban J connectivity index is 1.43. The molecule has 1 amide bonds. The van der Waals surface area contributed by atoms with Crippen LogP contribution in [0.4, 0.5) is 22.9 Å². The predicted molar refractivity (Wildman–Crippen MR) is 133 cm³/mol. The number of rotatable bonds is 6. The quantitative estimate of drug-likeness (QED) is 0.441. The van der Waals surface area contributed by atoms with Crippen molar-refractivity contribution >= 4 is 49.7 Å². The van der Waals surface area contributed by atoms with Gasteiger partial charge in [-0.05, 0) is 41.8 Å². The minimum Gasteiger partial charge on any atom is -0.340 e.